The van der Waals surface area contributed by atoms with Gasteiger partial charge in [0.2, 0.25) is 0 Å². The van der Waals surface area contributed by atoms with Gasteiger partial charge in [0.1, 0.15) is 24.1 Å². The molecule has 0 unspecified atom stereocenters. The van der Waals surface area contributed by atoms with Crippen LogP contribution in [0, 0.1) is 6.92 Å². The number of fused-ring (bicyclic) bond motifs is 1. The average Bonchev–Trinajstić information content (AvgIpc) is 3.21. The van der Waals surface area contributed by atoms with Crippen molar-refractivity contribution in [1.82, 2.24) is 19.5 Å². The summed E-state index contributed by atoms with van der Waals surface area (Å²) >= 11 is 0. The topological polar surface area (TPSA) is 132 Å². The molecule has 5 rings (SSSR count). The summed E-state index contributed by atoms with van der Waals surface area (Å²) in [7, 11) is -4.73. The molecule has 0 aliphatic carbocycles. The van der Waals surface area contributed by atoms with Gasteiger partial charge in [0.05, 0.1) is 11.0 Å². The molecule has 0 aliphatic rings. The van der Waals surface area contributed by atoms with Crippen LogP contribution in [0.15, 0.2) is 85.3 Å². The number of phosphoric ester groups is 1. The van der Waals surface area contributed by atoms with Gasteiger partial charge >= 0.3 is 7.82 Å². The third-order valence-electron chi connectivity index (χ3n) is 5.27. The Kier molecular flexibility index (Phi) is 6.49. The third-order valence-corrected chi connectivity index (χ3v) is 5.72. The van der Waals surface area contributed by atoms with Crippen LogP contribution in [0.4, 0.5) is 11.4 Å². The van der Waals surface area contributed by atoms with Gasteiger partial charge in [-0.2, -0.15) is 0 Å². The highest BCUT2D eigenvalue weighted by atomic mass is 31.2. The summed E-state index contributed by atoms with van der Waals surface area (Å²) in [5.74, 6) is 1.61. The molecule has 0 spiro atoms. The van der Waals surface area contributed by atoms with Gasteiger partial charge in [-0.1, -0.05) is 12.1 Å². The number of pyridine rings is 2. The summed E-state index contributed by atoms with van der Waals surface area (Å²) < 4.78 is 23.9. The second kappa shape index (κ2) is 9.88. The maximum absolute atomic E-state index is 11.5. The van der Waals surface area contributed by atoms with E-state index in [9.17, 15) is 14.4 Å². The van der Waals surface area contributed by atoms with Crippen LogP contribution < -0.4 is 10.1 Å². The predicted octanol–water partition coefficient (Wildman–Crippen LogP) is 5.40. The number of nitrogens with one attached hydrogen (secondary N) is 1. The molecule has 0 saturated carbocycles. The van der Waals surface area contributed by atoms with E-state index in [2.05, 4.69) is 15.3 Å². The Morgan fingerprint density at radius 2 is 1.75 bits per heavy atom. The van der Waals surface area contributed by atoms with Crippen LogP contribution in [-0.2, 0) is 15.8 Å². The zero-order valence-electron chi connectivity index (χ0n) is 19.1. The van der Waals surface area contributed by atoms with Crippen LogP contribution in [-0.4, -0.2) is 29.3 Å². The number of ether oxygens (including phenoxy) is 1. The van der Waals surface area contributed by atoms with E-state index < -0.39 is 14.6 Å². The summed E-state index contributed by atoms with van der Waals surface area (Å²) in [5.41, 5.74) is 4.52. The first kappa shape index (κ1) is 23.7. The molecule has 11 heteroatoms. The molecular weight excluding hydrogens is 481 g/mol. The zero-order chi connectivity index (χ0) is 25.1. The standard InChI is InChI=1S/C25H22N5O5P/c1-17-13-20(7-12-27-17)28-19-4-2-3-18(14-19)25-29-23-6-5-22(35-21-8-10-26-11-9-21)15-24(23)30(25)16-34-36(31,32)33/h2-15H,16H2,1H3,(H,27,28)(H2,31,32,33). The van der Waals surface area contributed by atoms with Crippen molar-refractivity contribution in [2.75, 3.05) is 5.32 Å². The van der Waals surface area contributed by atoms with Crippen LogP contribution >= 0.6 is 7.82 Å². The van der Waals surface area contributed by atoms with E-state index in [1.807, 2.05) is 43.3 Å². The number of benzene rings is 2. The lowest BCUT2D eigenvalue weighted by molar-refractivity contribution is 0.157. The largest absolute Gasteiger partial charge is 0.471 e. The highest BCUT2D eigenvalue weighted by molar-refractivity contribution is 7.46. The minimum Gasteiger partial charge on any atom is -0.457 e. The highest BCUT2D eigenvalue weighted by Crippen LogP contribution is 2.38. The summed E-state index contributed by atoms with van der Waals surface area (Å²) in [6.45, 7) is 1.51. The van der Waals surface area contributed by atoms with Gasteiger partial charge in [-0.05, 0) is 55.5 Å². The van der Waals surface area contributed by atoms with Crippen LogP contribution in [0.2, 0.25) is 0 Å². The maximum Gasteiger partial charge on any atom is 0.471 e. The number of aryl methyl sites for hydroxylation is 1. The fraction of sp³-hybridized carbons (Fsp3) is 0.0800. The summed E-state index contributed by atoms with van der Waals surface area (Å²) in [5, 5.41) is 3.34. The first-order valence-corrected chi connectivity index (χ1v) is 12.5. The number of rotatable bonds is 8. The molecule has 2 aromatic carbocycles. The Balaban J connectivity index is 1.54. The molecule has 0 atom stereocenters. The number of aromatic nitrogens is 4. The molecule has 10 nitrogen and oxygen atoms in total. The van der Waals surface area contributed by atoms with E-state index in [1.165, 1.54) is 0 Å². The van der Waals surface area contributed by atoms with Gasteiger partial charge in [0.25, 0.3) is 0 Å². The van der Waals surface area contributed by atoms with Gasteiger partial charge < -0.3 is 19.8 Å². The monoisotopic (exact) mass is 503 g/mol. The van der Waals surface area contributed by atoms with Crippen molar-refractivity contribution in [2.24, 2.45) is 0 Å². The lowest BCUT2D eigenvalue weighted by Crippen LogP contribution is -2.04. The molecule has 0 bridgehead atoms. The van der Waals surface area contributed by atoms with Crippen molar-refractivity contribution in [2.45, 2.75) is 13.7 Å². The van der Waals surface area contributed by atoms with Gasteiger partial charge in [-0.15, -0.1) is 0 Å². The molecule has 0 saturated heterocycles. The lowest BCUT2D eigenvalue weighted by atomic mass is 10.2. The van der Waals surface area contributed by atoms with Crippen LogP contribution in [0.1, 0.15) is 5.69 Å². The Labute approximate surface area is 206 Å². The second-order valence-electron chi connectivity index (χ2n) is 7.94. The molecule has 0 aliphatic heterocycles. The van der Waals surface area contributed by atoms with Crippen molar-refractivity contribution in [3.05, 3.63) is 91.0 Å². The number of anilines is 2. The molecular formula is C25H22N5O5P. The lowest BCUT2D eigenvalue weighted by Gasteiger charge is -2.13. The third kappa shape index (κ3) is 5.59. The molecule has 0 amide bonds. The normalized spacial score (nSPS) is 11.5. The Bertz CT molecular complexity index is 1570. The molecule has 0 radical (unpaired) electrons. The average molecular weight is 503 g/mol. The van der Waals surface area contributed by atoms with Crippen molar-refractivity contribution >= 4 is 30.2 Å². The van der Waals surface area contributed by atoms with Gasteiger partial charge in [0.15, 0.2) is 0 Å². The Morgan fingerprint density at radius 1 is 0.944 bits per heavy atom. The zero-order valence-corrected chi connectivity index (χ0v) is 20.0. The van der Waals surface area contributed by atoms with E-state index in [4.69, 9.17) is 14.2 Å². The van der Waals surface area contributed by atoms with Gasteiger partial charge in [-0.25, -0.2) is 9.55 Å². The number of hydrogen-bond donors (Lipinski definition) is 3. The molecule has 0 fully saturated rings. The van der Waals surface area contributed by atoms with Gasteiger partial charge in [0, 0.05) is 47.3 Å². The first-order valence-electron chi connectivity index (χ1n) is 10.9. The van der Waals surface area contributed by atoms with Crippen LogP contribution in [0.3, 0.4) is 0 Å². The molecule has 3 aromatic heterocycles. The van der Waals surface area contributed by atoms with E-state index in [0.717, 1.165) is 22.6 Å². The number of imidazole rings is 1. The van der Waals surface area contributed by atoms with E-state index >= 15 is 0 Å². The summed E-state index contributed by atoms with van der Waals surface area (Å²) in [6, 6.07) is 20.1. The molecule has 5 aromatic rings. The number of phosphoric acid groups is 1. The van der Waals surface area contributed by atoms with E-state index in [1.54, 1.807) is 53.5 Å². The fourth-order valence-corrected chi connectivity index (χ4v) is 3.98. The summed E-state index contributed by atoms with van der Waals surface area (Å²) in [6.07, 6.45) is 4.97. The molecule has 36 heavy (non-hydrogen) atoms. The van der Waals surface area contributed by atoms with Crippen molar-refractivity contribution in [1.29, 1.82) is 0 Å². The molecule has 3 N–H and O–H groups in total. The van der Waals surface area contributed by atoms with Crippen molar-refractivity contribution < 1.29 is 23.6 Å². The van der Waals surface area contributed by atoms with Crippen LogP contribution in [0.25, 0.3) is 22.4 Å². The number of hydrogen-bond acceptors (Lipinski definition) is 7. The van der Waals surface area contributed by atoms with Crippen molar-refractivity contribution in [3.63, 3.8) is 0 Å². The van der Waals surface area contributed by atoms with E-state index in [0.29, 0.717) is 28.4 Å². The first-order chi connectivity index (χ1) is 17.3. The quantitative estimate of drug-likeness (QED) is 0.238. The van der Waals surface area contributed by atoms with Crippen molar-refractivity contribution in [3.8, 4) is 22.9 Å². The smallest absolute Gasteiger partial charge is 0.457 e. The van der Waals surface area contributed by atoms with Crippen LogP contribution in [0.5, 0.6) is 11.5 Å². The van der Waals surface area contributed by atoms with E-state index in [-0.39, 0.29) is 0 Å². The maximum atomic E-state index is 11.5. The second-order valence-corrected chi connectivity index (χ2v) is 9.18. The molecule has 182 valence electrons. The Morgan fingerprint density at radius 3 is 2.53 bits per heavy atom. The SMILES string of the molecule is Cc1cc(Nc2cccc(-c3nc4ccc(Oc5ccncc5)cc4n3COP(=O)(O)O)c2)ccn1. The summed E-state index contributed by atoms with van der Waals surface area (Å²) in [4.78, 5) is 31.6. The predicted molar refractivity (Wildman–Crippen MR) is 135 cm³/mol. The highest BCUT2D eigenvalue weighted by Gasteiger charge is 2.19. The Hall–Kier alpha value is -4.08. The minimum atomic E-state index is -4.73. The van der Waals surface area contributed by atoms with Gasteiger partial charge in [-0.3, -0.25) is 19.1 Å². The number of nitrogens with zero attached hydrogens (tertiary/aromatic N) is 4. The molecule has 3 heterocycles. The fourth-order valence-electron chi connectivity index (χ4n) is 3.72. The minimum absolute atomic E-state index is 0.407.